The van der Waals surface area contributed by atoms with Crippen molar-refractivity contribution >= 4 is 23.1 Å². The molecule has 0 bridgehead atoms. The normalized spacial score (nSPS) is 10.2. The molecular weight excluding hydrogens is 236 g/mol. The van der Waals surface area contributed by atoms with E-state index in [0.29, 0.717) is 12.1 Å². The van der Waals surface area contributed by atoms with Crippen molar-refractivity contribution in [1.29, 1.82) is 0 Å². The summed E-state index contributed by atoms with van der Waals surface area (Å²) in [5, 5.41) is 3.63. The fourth-order valence-corrected chi connectivity index (χ4v) is 2.07. The van der Waals surface area contributed by atoms with Gasteiger partial charge in [-0.05, 0) is 19.1 Å². The number of carbonyl (C=O) groups is 1. The van der Waals surface area contributed by atoms with E-state index in [-0.39, 0.29) is 11.7 Å². The molecule has 0 radical (unpaired) electrons. The average Bonchev–Trinajstić information content (AvgIpc) is 2.73. The molecule has 0 aliphatic rings. The van der Waals surface area contributed by atoms with Crippen molar-refractivity contribution in [3.63, 3.8) is 0 Å². The van der Waals surface area contributed by atoms with Crippen LogP contribution in [0.25, 0.3) is 0 Å². The number of pyridine rings is 1. The Hall–Kier alpha value is -1.95. The van der Waals surface area contributed by atoms with Gasteiger partial charge in [0.1, 0.15) is 10.8 Å². The summed E-state index contributed by atoms with van der Waals surface area (Å²) in [6.45, 7) is 2.38. The van der Waals surface area contributed by atoms with E-state index in [9.17, 15) is 4.79 Å². The van der Waals surface area contributed by atoms with E-state index in [1.54, 1.807) is 35.9 Å². The lowest BCUT2D eigenvalue weighted by molar-refractivity contribution is 0.0951. The highest BCUT2D eigenvalue weighted by Crippen LogP contribution is 2.11. The van der Waals surface area contributed by atoms with Gasteiger partial charge in [-0.1, -0.05) is 0 Å². The van der Waals surface area contributed by atoms with E-state index in [1.165, 1.54) is 0 Å². The second-order valence-corrected chi connectivity index (χ2v) is 4.80. The molecule has 0 fully saturated rings. The van der Waals surface area contributed by atoms with Crippen LogP contribution < -0.4 is 11.1 Å². The number of thiazole rings is 1. The van der Waals surface area contributed by atoms with Crippen LogP contribution >= 0.6 is 11.3 Å². The molecule has 0 atom stereocenters. The summed E-state index contributed by atoms with van der Waals surface area (Å²) in [6.07, 6.45) is 3.33. The zero-order chi connectivity index (χ0) is 12.3. The van der Waals surface area contributed by atoms with E-state index < -0.39 is 0 Å². The fourth-order valence-electron chi connectivity index (χ4n) is 1.34. The first-order valence-corrected chi connectivity index (χ1v) is 5.88. The van der Waals surface area contributed by atoms with Crippen molar-refractivity contribution in [2.24, 2.45) is 0 Å². The smallest absolute Gasteiger partial charge is 0.255 e. The number of hydrogen-bond donors (Lipinski definition) is 2. The standard InChI is InChI=1S/C11H12N4OS/c1-7-5-14-9(17-7)6-15-11(16)8-3-2-4-13-10(8)12/h2-5H,6H2,1H3,(H2,12,13)(H,15,16). The van der Waals surface area contributed by atoms with Gasteiger partial charge in [0.05, 0.1) is 12.1 Å². The van der Waals surface area contributed by atoms with Crippen molar-refractivity contribution in [3.05, 3.63) is 40.0 Å². The lowest BCUT2D eigenvalue weighted by atomic mass is 10.2. The summed E-state index contributed by atoms with van der Waals surface area (Å²) >= 11 is 1.56. The Morgan fingerprint density at radius 1 is 1.53 bits per heavy atom. The fraction of sp³-hybridized carbons (Fsp3) is 0.182. The first kappa shape index (κ1) is 11.5. The number of nitrogen functional groups attached to an aromatic ring is 1. The van der Waals surface area contributed by atoms with Crippen LogP contribution in [0.15, 0.2) is 24.5 Å². The van der Waals surface area contributed by atoms with Crippen LogP contribution in [0, 0.1) is 6.92 Å². The van der Waals surface area contributed by atoms with Gasteiger partial charge >= 0.3 is 0 Å². The van der Waals surface area contributed by atoms with Gasteiger partial charge in [-0.25, -0.2) is 9.97 Å². The van der Waals surface area contributed by atoms with Gasteiger partial charge in [-0.15, -0.1) is 11.3 Å². The van der Waals surface area contributed by atoms with Crippen molar-refractivity contribution in [2.45, 2.75) is 13.5 Å². The summed E-state index contributed by atoms with van der Waals surface area (Å²) in [4.78, 5) is 20.9. The molecule has 3 N–H and O–H groups in total. The summed E-state index contributed by atoms with van der Waals surface area (Å²) in [5.41, 5.74) is 6.00. The van der Waals surface area contributed by atoms with Crippen molar-refractivity contribution < 1.29 is 4.79 Å². The van der Waals surface area contributed by atoms with Gasteiger partial charge in [-0.2, -0.15) is 0 Å². The van der Waals surface area contributed by atoms with Crippen LogP contribution in [-0.4, -0.2) is 15.9 Å². The maximum absolute atomic E-state index is 11.8. The Labute approximate surface area is 103 Å². The molecule has 2 aromatic rings. The Morgan fingerprint density at radius 2 is 2.35 bits per heavy atom. The van der Waals surface area contributed by atoms with Crippen LogP contribution in [0.4, 0.5) is 5.82 Å². The van der Waals surface area contributed by atoms with E-state index in [2.05, 4.69) is 15.3 Å². The minimum atomic E-state index is -0.233. The predicted molar refractivity (Wildman–Crippen MR) is 66.7 cm³/mol. The minimum absolute atomic E-state index is 0.233. The number of rotatable bonds is 3. The SMILES string of the molecule is Cc1cnc(CNC(=O)c2cccnc2N)s1. The zero-order valence-corrected chi connectivity index (χ0v) is 10.1. The molecule has 2 aromatic heterocycles. The molecule has 6 heteroatoms. The number of aromatic nitrogens is 2. The maximum Gasteiger partial charge on any atom is 0.255 e. The van der Waals surface area contributed by atoms with Gasteiger partial charge < -0.3 is 11.1 Å². The third kappa shape index (κ3) is 2.79. The van der Waals surface area contributed by atoms with E-state index >= 15 is 0 Å². The number of aryl methyl sites for hydroxylation is 1. The first-order valence-electron chi connectivity index (χ1n) is 5.07. The predicted octanol–water partition coefficient (Wildman–Crippen LogP) is 1.36. The van der Waals surface area contributed by atoms with Crippen molar-refractivity contribution in [1.82, 2.24) is 15.3 Å². The van der Waals surface area contributed by atoms with Crippen LogP contribution in [0.2, 0.25) is 0 Å². The zero-order valence-electron chi connectivity index (χ0n) is 9.30. The summed E-state index contributed by atoms with van der Waals surface area (Å²) in [7, 11) is 0. The maximum atomic E-state index is 11.8. The highest BCUT2D eigenvalue weighted by Gasteiger charge is 2.10. The topological polar surface area (TPSA) is 80.9 Å². The summed E-state index contributed by atoms with van der Waals surface area (Å²) < 4.78 is 0. The Morgan fingerprint density at radius 3 is 3.00 bits per heavy atom. The molecule has 0 aliphatic carbocycles. The van der Waals surface area contributed by atoms with Gasteiger partial charge in [0.15, 0.2) is 0 Å². The highest BCUT2D eigenvalue weighted by molar-refractivity contribution is 7.11. The molecule has 0 spiro atoms. The molecule has 1 amide bonds. The number of hydrogen-bond acceptors (Lipinski definition) is 5. The quantitative estimate of drug-likeness (QED) is 0.859. The van der Waals surface area contributed by atoms with Gasteiger partial charge in [0.25, 0.3) is 5.91 Å². The molecule has 0 saturated heterocycles. The molecule has 2 heterocycles. The molecule has 0 aliphatic heterocycles. The summed E-state index contributed by atoms with van der Waals surface area (Å²) in [6, 6.07) is 3.32. The monoisotopic (exact) mass is 248 g/mol. The number of nitrogens with zero attached hydrogens (tertiary/aromatic N) is 2. The Balaban J connectivity index is 2.01. The molecular formula is C11H12N4OS. The Bertz CT molecular complexity index is 538. The second kappa shape index (κ2) is 4.92. The van der Waals surface area contributed by atoms with Crippen LogP contribution in [-0.2, 0) is 6.54 Å². The Kier molecular flexibility index (Phi) is 3.34. The van der Waals surface area contributed by atoms with Gasteiger partial charge in [0.2, 0.25) is 0 Å². The van der Waals surface area contributed by atoms with Crippen molar-refractivity contribution in [3.8, 4) is 0 Å². The van der Waals surface area contributed by atoms with Crippen molar-refractivity contribution in [2.75, 3.05) is 5.73 Å². The third-order valence-corrected chi connectivity index (χ3v) is 3.07. The number of anilines is 1. The lowest BCUT2D eigenvalue weighted by Gasteiger charge is -2.04. The van der Waals surface area contributed by atoms with E-state index in [4.69, 9.17) is 5.73 Å². The van der Waals surface area contributed by atoms with E-state index in [1.807, 2.05) is 6.92 Å². The van der Waals surface area contributed by atoms with Crippen LogP contribution in [0.3, 0.4) is 0 Å². The molecule has 17 heavy (non-hydrogen) atoms. The second-order valence-electron chi connectivity index (χ2n) is 3.48. The molecule has 88 valence electrons. The van der Waals surface area contributed by atoms with Gasteiger partial charge in [0, 0.05) is 17.3 Å². The third-order valence-electron chi connectivity index (χ3n) is 2.15. The number of nitrogens with two attached hydrogens (primary N) is 1. The minimum Gasteiger partial charge on any atom is -0.383 e. The number of amides is 1. The molecule has 2 rings (SSSR count). The molecule has 0 unspecified atom stereocenters. The highest BCUT2D eigenvalue weighted by atomic mass is 32.1. The largest absolute Gasteiger partial charge is 0.383 e. The van der Waals surface area contributed by atoms with Crippen LogP contribution in [0.1, 0.15) is 20.2 Å². The summed E-state index contributed by atoms with van der Waals surface area (Å²) in [5.74, 6) is 0.00349. The number of nitrogens with one attached hydrogen (secondary N) is 1. The van der Waals surface area contributed by atoms with E-state index in [0.717, 1.165) is 9.88 Å². The molecule has 0 saturated carbocycles. The number of carbonyl (C=O) groups excluding carboxylic acids is 1. The lowest BCUT2D eigenvalue weighted by Crippen LogP contribution is -2.24. The van der Waals surface area contributed by atoms with Gasteiger partial charge in [-0.3, -0.25) is 4.79 Å². The van der Waals surface area contributed by atoms with Crippen LogP contribution in [0.5, 0.6) is 0 Å². The average molecular weight is 248 g/mol. The first-order chi connectivity index (χ1) is 8.16. The molecule has 5 nitrogen and oxygen atoms in total. The molecule has 0 aromatic carbocycles.